The molecule has 5 heteroatoms. The normalized spacial score (nSPS) is 12.5. The Morgan fingerprint density at radius 3 is 2.59 bits per heavy atom. The Morgan fingerprint density at radius 1 is 1.33 bits per heavy atom. The van der Waals surface area contributed by atoms with E-state index in [1.165, 1.54) is 0 Å². The van der Waals surface area contributed by atoms with Gasteiger partial charge in [-0.3, -0.25) is 0 Å². The average molecular weight is 373 g/mol. The third-order valence-corrected chi connectivity index (χ3v) is 4.01. The third-order valence-electron chi connectivity index (χ3n) is 4.01. The number of para-hydroxylation sites is 1. The van der Waals surface area contributed by atoms with Crippen LogP contribution in [0.3, 0.4) is 0 Å². The topological polar surface area (TPSA) is 62.6 Å². The number of benzene rings is 1. The molecule has 0 aliphatic carbocycles. The standard InChI is InChI=1S/C22H32N2O3/c1-7-9-15-26-20-17(11-10-12-18(20)16-23)13-14-19(8-2)24(6)21(25)27-22(3,4)5/h10-14,19H,7-9,15H2,1-6H3/b14-13+/t19-/m1/s1. The Balaban J connectivity index is 3.01. The Bertz CT molecular complexity index is 684. The number of hydrogen-bond donors (Lipinski definition) is 0. The lowest BCUT2D eigenvalue weighted by Crippen LogP contribution is -2.39. The van der Waals surface area contributed by atoms with Crippen molar-refractivity contribution >= 4 is 12.2 Å². The van der Waals surface area contributed by atoms with Gasteiger partial charge in [-0.05, 0) is 39.7 Å². The molecule has 0 radical (unpaired) electrons. The van der Waals surface area contributed by atoms with Crippen LogP contribution in [0.25, 0.3) is 6.08 Å². The van der Waals surface area contributed by atoms with Crippen molar-refractivity contribution in [1.82, 2.24) is 4.90 Å². The van der Waals surface area contributed by atoms with E-state index in [0.29, 0.717) is 17.9 Å². The maximum Gasteiger partial charge on any atom is 0.410 e. The molecule has 0 heterocycles. The number of nitrogens with zero attached hydrogens (tertiary/aromatic N) is 2. The lowest BCUT2D eigenvalue weighted by atomic mass is 10.1. The lowest BCUT2D eigenvalue weighted by Gasteiger charge is -2.28. The minimum absolute atomic E-state index is 0.117. The van der Waals surface area contributed by atoms with Crippen LogP contribution in [0.4, 0.5) is 4.79 Å². The van der Waals surface area contributed by atoms with E-state index in [4.69, 9.17) is 9.47 Å². The van der Waals surface area contributed by atoms with Crippen LogP contribution < -0.4 is 4.74 Å². The van der Waals surface area contributed by atoms with Crippen molar-refractivity contribution in [3.63, 3.8) is 0 Å². The molecule has 0 unspecified atom stereocenters. The number of ether oxygens (including phenoxy) is 2. The monoisotopic (exact) mass is 372 g/mol. The molecule has 0 saturated carbocycles. The Labute approximate surface area is 163 Å². The van der Waals surface area contributed by atoms with E-state index in [1.54, 1.807) is 18.0 Å². The summed E-state index contributed by atoms with van der Waals surface area (Å²) in [7, 11) is 1.73. The highest BCUT2D eigenvalue weighted by Crippen LogP contribution is 2.26. The van der Waals surface area contributed by atoms with Crippen molar-refractivity contribution in [2.75, 3.05) is 13.7 Å². The summed E-state index contributed by atoms with van der Waals surface area (Å²) in [6, 6.07) is 7.58. The zero-order valence-corrected chi connectivity index (χ0v) is 17.4. The van der Waals surface area contributed by atoms with Gasteiger partial charge in [-0.1, -0.05) is 44.6 Å². The second-order valence-electron chi connectivity index (χ2n) is 7.46. The Hall–Kier alpha value is -2.48. The number of likely N-dealkylation sites (N-methyl/N-ethyl adjacent to an activating group) is 1. The largest absolute Gasteiger partial charge is 0.492 e. The highest BCUT2D eigenvalue weighted by atomic mass is 16.6. The molecule has 1 amide bonds. The van der Waals surface area contributed by atoms with Gasteiger partial charge in [-0.2, -0.15) is 5.26 Å². The van der Waals surface area contributed by atoms with Crippen molar-refractivity contribution in [1.29, 1.82) is 5.26 Å². The highest BCUT2D eigenvalue weighted by Gasteiger charge is 2.23. The van der Waals surface area contributed by atoms with Crippen molar-refractivity contribution < 1.29 is 14.3 Å². The van der Waals surface area contributed by atoms with Gasteiger partial charge in [0.15, 0.2) is 0 Å². The van der Waals surface area contributed by atoms with E-state index < -0.39 is 5.60 Å². The van der Waals surface area contributed by atoms with Gasteiger partial charge in [-0.25, -0.2) is 4.79 Å². The van der Waals surface area contributed by atoms with Gasteiger partial charge < -0.3 is 14.4 Å². The van der Waals surface area contributed by atoms with Crippen molar-refractivity contribution in [3.8, 4) is 11.8 Å². The Kier molecular flexibility index (Phi) is 8.87. The summed E-state index contributed by atoms with van der Waals surface area (Å²) >= 11 is 0. The first-order chi connectivity index (χ1) is 12.7. The quantitative estimate of drug-likeness (QED) is 0.574. The van der Waals surface area contributed by atoms with Crippen LogP contribution in [-0.4, -0.2) is 36.3 Å². The molecule has 1 atom stereocenters. The summed E-state index contributed by atoms with van der Waals surface area (Å²) in [4.78, 5) is 13.9. The highest BCUT2D eigenvalue weighted by molar-refractivity contribution is 5.69. The van der Waals surface area contributed by atoms with Gasteiger partial charge in [0.1, 0.15) is 17.4 Å². The van der Waals surface area contributed by atoms with Crippen LogP contribution in [0, 0.1) is 11.3 Å². The van der Waals surface area contributed by atoms with E-state index >= 15 is 0 Å². The van der Waals surface area contributed by atoms with Crippen LogP contribution >= 0.6 is 0 Å². The van der Waals surface area contributed by atoms with Crippen LogP contribution in [0.2, 0.25) is 0 Å². The number of hydrogen-bond acceptors (Lipinski definition) is 4. The molecule has 1 aromatic rings. The minimum atomic E-state index is -0.533. The van der Waals surface area contributed by atoms with E-state index in [1.807, 2.05) is 52.0 Å². The third kappa shape index (κ3) is 7.34. The van der Waals surface area contributed by atoms with E-state index in [0.717, 1.165) is 24.8 Å². The lowest BCUT2D eigenvalue weighted by molar-refractivity contribution is 0.0253. The number of nitriles is 1. The number of carbonyl (C=O) groups excluding carboxylic acids is 1. The van der Waals surface area contributed by atoms with Crippen LogP contribution in [0.5, 0.6) is 5.75 Å². The van der Waals surface area contributed by atoms with Gasteiger partial charge >= 0.3 is 6.09 Å². The molecule has 5 nitrogen and oxygen atoms in total. The van der Waals surface area contributed by atoms with Crippen molar-refractivity contribution in [2.24, 2.45) is 0 Å². The number of amides is 1. The summed E-state index contributed by atoms with van der Waals surface area (Å²) in [5, 5.41) is 9.37. The molecule has 0 saturated heterocycles. The number of unbranched alkanes of at least 4 members (excludes halogenated alkanes) is 1. The SMILES string of the molecule is CCCCOc1c(C#N)cccc1/C=C/[C@@H](CC)N(C)C(=O)OC(C)(C)C. The zero-order valence-electron chi connectivity index (χ0n) is 17.4. The van der Waals surface area contributed by atoms with E-state index in [2.05, 4.69) is 13.0 Å². The summed E-state index contributed by atoms with van der Waals surface area (Å²) in [5.74, 6) is 0.597. The summed E-state index contributed by atoms with van der Waals surface area (Å²) < 4.78 is 11.3. The zero-order chi connectivity index (χ0) is 20.4. The summed E-state index contributed by atoms with van der Waals surface area (Å²) in [5.41, 5.74) is 0.817. The molecule has 1 rings (SSSR count). The van der Waals surface area contributed by atoms with Gasteiger partial charge in [0.2, 0.25) is 0 Å². The molecular weight excluding hydrogens is 340 g/mol. The predicted molar refractivity (Wildman–Crippen MR) is 109 cm³/mol. The average Bonchev–Trinajstić information content (AvgIpc) is 2.61. The van der Waals surface area contributed by atoms with Crippen molar-refractivity contribution in [3.05, 3.63) is 35.4 Å². The van der Waals surface area contributed by atoms with Gasteiger partial charge in [-0.15, -0.1) is 0 Å². The number of carbonyl (C=O) groups is 1. The minimum Gasteiger partial charge on any atom is -0.492 e. The molecule has 0 spiro atoms. The predicted octanol–water partition coefficient (Wildman–Crippen LogP) is 5.40. The van der Waals surface area contributed by atoms with Gasteiger partial charge in [0, 0.05) is 12.6 Å². The smallest absolute Gasteiger partial charge is 0.410 e. The second-order valence-corrected chi connectivity index (χ2v) is 7.46. The molecule has 1 aromatic carbocycles. The maximum atomic E-state index is 12.3. The first-order valence-electron chi connectivity index (χ1n) is 9.53. The molecule has 0 aliphatic rings. The second kappa shape index (κ2) is 10.6. The van der Waals surface area contributed by atoms with Crippen LogP contribution in [0.15, 0.2) is 24.3 Å². The fourth-order valence-corrected chi connectivity index (χ4v) is 2.48. The molecule has 0 aliphatic heterocycles. The maximum absolute atomic E-state index is 12.3. The fraction of sp³-hybridized carbons (Fsp3) is 0.545. The van der Waals surface area contributed by atoms with Gasteiger partial charge in [0.05, 0.1) is 18.2 Å². The Morgan fingerprint density at radius 2 is 2.04 bits per heavy atom. The summed E-state index contributed by atoms with van der Waals surface area (Å²) in [6.45, 7) is 10.2. The molecule has 0 aromatic heterocycles. The number of rotatable bonds is 8. The summed E-state index contributed by atoms with van der Waals surface area (Å²) in [6.07, 6.45) is 6.21. The van der Waals surface area contributed by atoms with Crippen molar-refractivity contribution in [2.45, 2.75) is 65.5 Å². The molecule has 0 fully saturated rings. The van der Waals surface area contributed by atoms with E-state index in [-0.39, 0.29) is 12.1 Å². The molecule has 0 bridgehead atoms. The van der Waals surface area contributed by atoms with Crippen LogP contribution in [-0.2, 0) is 4.74 Å². The molecule has 148 valence electrons. The van der Waals surface area contributed by atoms with Crippen LogP contribution in [0.1, 0.15) is 65.0 Å². The van der Waals surface area contributed by atoms with Gasteiger partial charge in [0.25, 0.3) is 0 Å². The fourth-order valence-electron chi connectivity index (χ4n) is 2.48. The first-order valence-corrected chi connectivity index (χ1v) is 9.53. The molecular formula is C22H32N2O3. The molecule has 0 N–H and O–H groups in total. The molecule has 27 heavy (non-hydrogen) atoms. The first kappa shape index (κ1) is 22.6. The van der Waals surface area contributed by atoms with E-state index in [9.17, 15) is 10.1 Å².